The number of anilines is 3. The summed E-state index contributed by atoms with van der Waals surface area (Å²) in [6, 6.07) is 14.7. The molecule has 1 fully saturated rings. The molecule has 0 bridgehead atoms. The number of benzene rings is 2. The van der Waals surface area contributed by atoms with E-state index >= 15 is 0 Å². The van der Waals surface area contributed by atoms with E-state index in [1.54, 1.807) is 14.0 Å². The topological polar surface area (TPSA) is 54.0 Å². The van der Waals surface area contributed by atoms with Gasteiger partial charge in [-0.25, -0.2) is 0 Å². The number of rotatable bonds is 4. The Bertz CT molecular complexity index is 862. The van der Waals surface area contributed by atoms with E-state index in [1.165, 1.54) is 5.69 Å². The van der Waals surface area contributed by atoms with E-state index in [0.29, 0.717) is 0 Å². The highest BCUT2D eigenvalue weighted by Crippen LogP contribution is 2.41. The first-order valence-electron chi connectivity index (χ1n) is 10.2. The first-order chi connectivity index (χ1) is 14.1. The largest absolute Gasteiger partial charge is 0.497 e. The Labute approximate surface area is 172 Å². The van der Waals surface area contributed by atoms with Crippen LogP contribution in [-0.4, -0.2) is 45.4 Å². The number of carbonyl (C=O) groups is 1. The zero-order valence-electron chi connectivity index (χ0n) is 17.4. The number of hydrogen-bond acceptors (Lipinski definition) is 5. The lowest BCUT2D eigenvalue weighted by molar-refractivity contribution is -0.117. The molecule has 2 atom stereocenters. The zero-order chi connectivity index (χ0) is 20.4. The molecule has 2 aromatic carbocycles. The van der Waals surface area contributed by atoms with Gasteiger partial charge in [0.15, 0.2) is 0 Å². The lowest BCUT2D eigenvalue weighted by atomic mass is 9.90. The van der Waals surface area contributed by atoms with Crippen LogP contribution in [-0.2, 0) is 9.53 Å². The molecule has 0 saturated carbocycles. The SMILES string of the molecule is COc1ccc(N[C@H]2C[C@@H](C)N(C(C)=O)c3ccc(N4CCOCC4)cc32)cc1. The maximum atomic E-state index is 12.4. The van der Waals surface area contributed by atoms with E-state index in [9.17, 15) is 4.79 Å². The van der Waals surface area contributed by atoms with Gasteiger partial charge < -0.3 is 24.6 Å². The molecule has 1 saturated heterocycles. The van der Waals surface area contributed by atoms with Crippen LogP contribution in [0.15, 0.2) is 42.5 Å². The zero-order valence-corrected chi connectivity index (χ0v) is 17.4. The second-order valence-electron chi connectivity index (χ2n) is 7.74. The Kier molecular flexibility index (Phi) is 5.62. The van der Waals surface area contributed by atoms with Gasteiger partial charge in [0.2, 0.25) is 5.91 Å². The van der Waals surface area contributed by atoms with Crippen molar-refractivity contribution in [3.8, 4) is 5.75 Å². The first-order valence-corrected chi connectivity index (χ1v) is 10.2. The summed E-state index contributed by atoms with van der Waals surface area (Å²) < 4.78 is 10.8. The van der Waals surface area contributed by atoms with Gasteiger partial charge in [-0.15, -0.1) is 0 Å². The number of amides is 1. The number of nitrogens with one attached hydrogen (secondary N) is 1. The highest BCUT2D eigenvalue weighted by atomic mass is 16.5. The van der Waals surface area contributed by atoms with Crippen molar-refractivity contribution in [1.29, 1.82) is 0 Å². The molecular formula is C23H29N3O3. The van der Waals surface area contributed by atoms with Crippen molar-refractivity contribution in [3.63, 3.8) is 0 Å². The highest BCUT2D eigenvalue weighted by molar-refractivity contribution is 5.94. The van der Waals surface area contributed by atoms with Gasteiger partial charge in [-0.3, -0.25) is 4.79 Å². The molecule has 29 heavy (non-hydrogen) atoms. The fraction of sp³-hybridized carbons (Fsp3) is 0.435. The summed E-state index contributed by atoms with van der Waals surface area (Å²) in [6.07, 6.45) is 0.852. The maximum absolute atomic E-state index is 12.4. The van der Waals surface area contributed by atoms with Gasteiger partial charge in [0.25, 0.3) is 0 Å². The number of carbonyl (C=O) groups excluding carboxylic acids is 1. The smallest absolute Gasteiger partial charge is 0.224 e. The molecule has 4 rings (SSSR count). The van der Waals surface area contributed by atoms with Crippen molar-refractivity contribution in [1.82, 2.24) is 0 Å². The van der Waals surface area contributed by atoms with E-state index in [0.717, 1.165) is 55.4 Å². The Morgan fingerprint density at radius 2 is 1.86 bits per heavy atom. The Morgan fingerprint density at radius 3 is 2.52 bits per heavy atom. The van der Waals surface area contributed by atoms with Gasteiger partial charge in [0, 0.05) is 48.7 Å². The molecule has 2 heterocycles. The average Bonchev–Trinajstić information content (AvgIpc) is 2.74. The summed E-state index contributed by atoms with van der Waals surface area (Å²) in [5, 5.41) is 3.67. The number of fused-ring (bicyclic) bond motifs is 1. The normalized spacial score (nSPS) is 21.5. The Balaban J connectivity index is 1.68. The third-order valence-corrected chi connectivity index (χ3v) is 5.81. The molecule has 1 N–H and O–H groups in total. The summed E-state index contributed by atoms with van der Waals surface area (Å²) in [6.45, 7) is 7.04. The van der Waals surface area contributed by atoms with Crippen LogP contribution in [0.5, 0.6) is 5.75 Å². The van der Waals surface area contributed by atoms with Gasteiger partial charge in [-0.2, -0.15) is 0 Å². The third-order valence-electron chi connectivity index (χ3n) is 5.81. The van der Waals surface area contributed by atoms with Crippen LogP contribution in [0, 0.1) is 0 Å². The van der Waals surface area contributed by atoms with Crippen LogP contribution in [0.1, 0.15) is 31.9 Å². The molecule has 2 aromatic rings. The van der Waals surface area contributed by atoms with Crippen molar-refractivity contribution >= 4 is 23.0 Å². The lowest BCUT2D eigenvalue weighted by Gasteiger charge is -2.40. The van der Waals surface area contributed by atoms with Gasteiger partial charge >= 0.3 is 0 Å². The van der Waals surface area contributed by atoms with Crippen LogP contribution in [0.4, 0.5) is 17.1 Å². The maximum Gasteiger partial charge on any atom is 0.224 e. The van der Waals surface area contributed by atoms with Crippen molar-refractivity contribution in [2.45, 2.75) is 32.4 Å². The summed E-state index contributed by atoms with van der Waals surface area (Å²) in [5.41, 5.74) is 4.39. The predicted molar refractivity (Wildman–Crippen MR) is 116 cm³/mol. The number of methoxy groups -OCH3 is 1. The minimum Gasteiger partial charge on any atom is -0.497 e. The second kappa shape index (κ2) is 8.33. The summed E-state index contributed by atoms with van der Waals surface area (Å²) >= 11 is 0. The average molecular weight is 396 g/mol. The van der Waals surface area contributed by atoms with Crippen molar-refractivity contribution in [2.24, 2.45) is 0 Å². The summed E-state index contributed by atoms with van der Waals surface area (Å²) in [5.74, 6) is 0.922. The first kappa shape index (κ1) is 19.6. The van der Waals surface area contributed by atoms with E-state index in [1.807, 2.05) is 29.2 Å². The quantitative estimate of drug-likeness (QED) is 0.853. The minimum absolute atomic E-state index is 0.0840. The number of morpholine rings is 1. The molecular weight excluding hydrogens is 366 g/mol. The highest BCUT2D eigenvalue weighted by Gasteiger charge is 2.33. The molecule has 154 valence electrons. The van der Waals surface area contributed by atoms with Gasteiger partial charge in [-0.05, 0) is 55.8 Å². The molecule has 1 amide bonds. The van der Waals surface area contributed by atoms with Gasteiger partial charge in [0.05, 0.1) is 26.4 Å². The molecule has 6 nitrogen and oxygen atoms in total. The number of ether oxygens (including phenoxy) is 2. The lowest BCUT2D eigenvalue weighted by Crippen LogP contribution is -2.43. The minimum atomic E-state index is 0.0840. The van der Waals surface area contributed by atoms with Crippen LogP contribution >= 0.6 is 0 Å². The van der Waals surface area contributed by atoms with E-state index in [-0.39, 0.29) is 18.0 Å². The van der Waals surface area contributed by atoms with E-state index in [2.05, 4.69) is 35.3 Å². The summed E-state index contributed by atoms with van der Waals surface area (Å²) in [7, 11) is 1.67. The second-order valence-corrected chi connectivity index (χ2v) is 7.74. The van der Waals surface area contributed by atoms with Crippen LogP contribution < -0.4 is 19.9 Å². The predicted octanol–water partition coefficient (Wildman–Crippen LogP) is 3.83. The Morgan fingerprint density at radius 1 is 1.14 bits per heavy atom. The standard InChI is InChI=1S/C23H29N3O3/c1-16-14-22(24-18-4-7-20(28-3)8-5-18)21-15-19(25-10-12-29-13-11-25)6-9-23(21)26(16)17(2)27/h4-9,15-16,22,24H,10-14H2,1-3H3/t16-,22+/m1/s1. The molecule has 0 aromatic heterocycles. The van der Waals surface area contributed by atoms with Gasteiger partial charge in [0.1, 0.15) is 5.75 Å². The number of nitrogens with zero attached hydrogens (tertiary/aromatic N) is 2. The molecule has 2 aliphatic rings. The molecule has 0 radical (unpaired) electrons. The van der Waals surface area contributed by atoms with Crippen molar-refractivity contribution in [3.05, 3.63) is 48.0 Å². The monoisotopic (exact) mass is 395 g/mol. The summed E-state index contributed by atoms with van der Waals surface area (Å²) in [4.78, 5) is 16.6. The fourth-order valence-electron chi connectivity index (χ4n) is 4.37. The molecule has 2 aliphatic heterocycles. The van der Waals surface area contributed by atoms with Crippen LogP contribution in [0.3, 0.4) is 0 Å². The molecule has 0 aliphatic carbocycles. The van der Waals surface area contributed by atoms with Crippen molar-refractivity contribution < 1.29 is 14.3 Å². The van der Waals surface area contributed by atoms with Gasteiger partial charge in [-0.1, -0.05) is 0 Å². The van der Waals surface area contributed by atoms with Crippen molar-refractivity contribution in [2.75, 3.05) is 48.5 Å². The fourth-order valence-corrected chi connectivity index (χ4v) is 4.37. The Hall–Kier alpha value is -2.73. The third kappa shape index (κ3) is 4.03. The van der Waals surface area contributed by atoms with Crippen LogP contribution in [0.25, 0.3) is 0 Å². The molecule has 0 unspecified atom stereocenters. The number of hydrogen-bond donors (Lipinski definition) is 1. The molecule has 6 heteroatoms. The molecule has 0 spiro atoms. The van der Waals surface area contributed by atoms with E-state index in [4.69, 9.17) is 9.47 Å². The van der Waals surface area contributed by atoms with E-state index < -0.39 is 0 Å². The van der Waals surface area contributed by atoms with Crippen LogP contribution in [0.2, 0.25) is 0 Å².